The Kier molecular flexibility index (Phi) is 8.63. The number of halogens is 3. The molecule has 0 aromatic heterocycles. The van der Waals surface area contributed by atoms with Crippen molar-refractivity contribution >= 4 is 52.6 Å². The molecule has 2 N–H and O–H groups in total. The van der Waals surface area contributed by atoms with E-state index in [4.69, 9.17) is 39.6 Å². The molecule has 1 saturated heterocycles. The summed E-state index contributed by atoms with van der Waals surface area (Å²) in [5, 5.41) is 14.2. The highest BCUT2D eigenvalue weighted by atomic mass is 35.5. The summed E-state index contributed by atoms with van der Waals surface area (Å²) in [4.78, 5) is 45.9. The van der Waals surface area contributed by atoms with Gasteiger partial charge in [-0.2, -0.15) is 0 Å². The van der Waals surface area contributed by atoms with Crippen LogP contribution >= 0.6 is 34.8 Å². The van der Waals surface area contributed by atoms with Crippen LogP contribution in [0.25, 0.3) is 0 Å². The highest BCUT2D eigenvalue weighted by molar-refractivity contribution is 6.35. The normalized spacial score (nSPS) is 21.1. The predicted octanol–water partition coefficient (Wildman–Crippen LogP) is 6.03. The lowest BCUT2D eigenvalue weighted by atomic mass is 9.79. The maximum absolute atomic E-state index is 14.1. The molecule has 3 atom stereocenters. The lowest BCUT2D eigenvalue weighted by Crippen LogP contribution is -2.60. The Labute approximate surface area is 246 Å². The number of carbonyl (C=O) groups excluding carboxylic acids is 2. The molecule has 2 aliphatic heterocycles. The van der Waals surface area contributed by atoms with Gasteiger partial charge in [0.05, 0.1) is 18.6 Å². The number of benzene rings is 3. The monoisotopic (exact) mass is 601 g/mol. The molecule has 40 heavy (non-hydrogen) atoms. The second-order valence-electron chi connectivity index (χ2n) is 9.72. The van der Waals surface area contributed by atoms with Gasteiger partial charge in [-0.3, -0.25) is 24.2 Å². The number of hydrogen-bond donors (Lipinski definition) is 2. The van der Waals surface area contributed by atoms with E-state index < -0.39 is 35.8 Å². The molecule has 0 spiro atoms. The van der Waals surface area contributed by atoms with Crippen LogP contribution in [0.15, 0.2) is 66.7 Å². The molecule has 3 unspecified atom stereocenters. The fraction of sp³-hybridized carbons (Fsp3) is 0.276. The number of amides is 2. The number of hydrazine groups is 1. The molecule has 0 radical (unpaired) electrons. The van der Waals surface area contributed by atoms with Crippen molar-refractivity contribution in [2.24, 2.45) is 0 Å². The molecule has 3 aromatic rings. The first-order chi connectivity index (χ1) is 19.3. The van der Waals surface area contributed by atoms with Crippen molar-refractivity contribution in [2.45, 2.75) is 43.9 Å². The highest BCUT2D eigenvalue weighted by Gasteiger charge is 2.49. The Balaban J connectivity index is 1.58. The van der Waals surface area contributed by atoms with Crippen molar-refractivity contribution in [2.75, 3.05) is 6.54 Å². The van der Waals surface area contributed by atoms with Gasteiger partial charge in [0.1, 0.15) is 6.04 Å². The van der Waals surface area contributed by atoms with Crippen LogP contribution in [0.2, 0.25) is 15.1 Å². The minimum Gasteiger partial charge on any atom is -0.480 e. The van der Waals surface area contributed by atoms with Crippen LogP contribution in [-0.4, -0.2) is 45.5 Å². The van der Waals surface area contributed by atoms with E-state index in [1.54, 1.807) is 71.7 Å². The fourth-order valence-corrected chi connectivity index (χ4v) is 6.04. The topological polar surface area (TPSA) is 99.2 Å². The van der Waals surface area contributed by atoms with Crippen molar-refractivity contribution < 1.29 is 24.3 Å². The maximum Gasteiger partial charge on any atom is 0.322 e. The van der Waals surface area contributed by atoms with Crippen LogP contribution in [-0.2, 0) is 21.0 Å². The van der Waals surface area contributed by atoms with Gasteiger partial charge in [0, 0.05) is 27.2 Å². The molecule has 2 aliphatic rings. The molecule has 3 aromatic carbocycles. The average molecular weight is 603 g/mol. The summed E-state index contributed by atoms with van der Waals surface area (Å²) < 4.78 is 0. The zero-order chi connectivity index (χ0) is 28.4. The molecule has 5 rings (SSSR count). The number of aliphatic carboxylic acids is 1. The second-order valence-corrected chi connectivity index (χ2v) is 11.0. The lowest BCUT2D eigenvalue weighted by molar-refractivity contribution is -0.159. The molecular formula is C29H26Cl3N3O5. The summed E-state index contributed by atoms with van der Waals surface area (Å²) >= 11 is 18.8. The van der Waals surface area contributed by atoms with Gasteiger partial charge in [0.2, 0.25) is 0 Å². The summed E-state index contributed by atoms with van der Waals surface area (Å²) in [5.74, 6) is -2.95. The number of rotatable bonds is 7. The first-order valence-corrected chi connectivity index (χ1v) is 13.9. The number of nitrogens with one attached hydrogen (secondary N) is 1. The first kappa shape index (κ1) is 28.4. The summed E-state index contributed by atoms with van der Waals surface area (Å²) in [6.45, 7) is 0.410. The van der Waals surface area contributed by atoms with Crippen LogP contribution in [0.3, 0.4) is 0 Å². The van der Waals surface area contributed by atoms with E-state index in [1.807, 2.05) is 0 Å². The van der Waals surface area contributed by atoms with Crippen molar-refractivity contribution in [1.29, 1.82) is 0 Å². The van der Waals surface area contributed by atoms with Crippen LogP contribution in [0.1, 0.15) is 58.3 Å². The van der Waals surface area contributed by atoms with Crippen LogP contribution in [0.5, 0.6) is 0 Å². The third kappa shape index (κ3) is 5.68. The van der Waals surface area contributed by atoms with Gasteiger partial charge in [0.25, 0.3) is 11.8 Å². The van der Waals surface area contributed by atoms with Crippen LogP contribution < -0.4 is 5.48 Å². The number of fused-ring (bicyclic) bond motifs is 1. The molecule has 11 heteroatoms. The van der Waals surface area contributed by atoms with Gasteiger partial charge in [-0.15, -0.1) is 0 Å². The minimum atomic E-state index is -1.04. The summed E-state index contributed by atoms with van der Waals surface area (Å²) in [5.41, 5.74) is 4.58. The number of carboxylic acids is 1. The first-order valence-electron chi connectivity index (χ1n) is 12.8. The van der Waals surface area contributed by atoms with Gasteiger partial charge in [-0.1, -0.05) is 71.2 Å². The molecule has 1 fully saturated rings. The molecule has 0 aliphatic carbocycles. The SMILES string of the molecule is O=C(NOCc1ccc(Cl)cc1)C1c2ccccc2C(=O)N(N2CCCCC2C(=O)O)C1c1ccc(Cl)cc1Cl. The minimum absolute atomic E-state index is 0.0828. The fourth-order valence-electron chi connectivity index (χ4n) is 5.40. The number of carboxylic acid groups (broad SMARTS) is 1. The molecule has 208 valence electrons. The van der Waals surface area contributed by atoms with Gasteiger partial charge < -0.3 is 5.11 Å². The molecule has 8 nitrogen and oxygen atoms in total. The van der Waals surface area contributed by atoms with E-state index in [-0.39, 0.29) is 11.6 Å². The van der Waals surface area contributed by atoms with Crippen molar-refractivity contribution in [3.05, 3.63) is 104 Å². The quantitative estimate of drug-likeness (QED) is 0.321. The van der Waals surface area contributed by atoms with Gasteiger partial charge in [-0.25, -0.2) is 10.5 Å². The van der Waals surface area contributed by atoms with E-state index in [0.717, 1.165) is 5.56 Å². The Morgan fingerprint density at radius 3 is 2.40 bits per heavy atom. The molecular weight excluding hydrogens is 577 g/mol. The predicted molar refractivity (Wildman–Crippen MR) is 151 cm³/mol. The Hall–Kier alpha value is -3.14. The van der Waals surface area contributed by atoms with Gasteiger partial charge >= 0.3 is 5.97 Å². The third-order valence-electron chi connectivity index (χ3n) is 7.24. The summed E-state index contributed by atoms with van der Waals surface area (Å²) in [6.07, 6.45) is 1.77. The molecule has 2 heterocycles. The van der Waals surface area contributed by atoms with E-state index in [9.17, 15) is 19.5 Å². The lowest BCUT2D eigenvalue weighted by Gasteiger charge is -2.49. The van der Waals surface area contributed by atoms with E-state index in [2.05, 4.69) is 5.48 Å². The number of hydrogen-bond acceptors (Lipinski definition) is 5. The zero-order valence-corrected chi connectivity index (χ0v) is 23.5. The molecule has 2 amide bonds. The Morgan fingerprint density at radius 2 is 1.68 bits per heavy atom. The Morgan fingerprint density at radius 1 is 0.950 bits per heavy atom. The number of nitrogens with zero attached hydrogens (tertiary/aromatic N) is 2. The van der Waals surface area contributed by atoms with E-state index in [0.29, 0.717) is 52.5 Å². The second kappa shape index (κ2) is 12.2. The molecule has 0 bridgehead atoms. The van der Waals surface area contributed by atoms with Crippen molar-refractivity contribution in [3.8, 4) is 0 Å². The highest BCUT2D eigenvalue weighted by Crippen LogP contribution is 2.47. The summed E-state index contributed by atoms with van der Waals surface area (Å²) in [6, 6.07) is 16.7. The largest absolute Gasteiger partial charge is 0.480 e. The standard InChI is InChI=1S/C29H26Cl3N3O5/c30-18-10-8-17(9-11-18)16-40-33-27(36)25-20-5-1-2-6-21(20)28(37)35(34-14-4-3-7-24(34)29(38)39)26(25)22-13-12-19(31)15-23(22)32/h1-2,5-6,8-13,15,24-26H,3-4,7,14,16H2,(H,33,36)(H,38,39). The van der Waals surface area contributed by atoms with E-state index >= 15 is 0 Å². The maximum atomic E-state index is 14.1. The average Bonchev–Trinajstić information content (AvgIpc) is 2.94. The van der Waals surface area contributed by atoms with Crippen LogP contribution in [0, 0.1) is 0 Å². The zero-order valence-electron chi connectivity index (χ0n) is 21.2. The smallest absolute Gasteiger partial charge is 0.322 e. The van der Waals surface area contributed by atoms with Crippen molar-refractivity contribution in [1.82, 2.24) is 15.5 Å². The number of carbonyl (C=O) groups is 3. The Bertz CT molecular complexity index is 1430. The summed E-state index contributed by atoms with van der Waals surface area (Å²) in [7, 11) is 0. The van der Waals surface area contributed by atoms with Gasteiger partial charge in [-0.05, 0) is 66.3 Å². The van der Waals surface area contributed by atoms with E-state index in [1.165, 1.54) is 5.01 Å². The van der Waals surface area contributed by atoms with Gasteiger partial charge in [0.15, 0.2) is 0 Å². The van der Waals surface area contributed by atoms with Crippen molar-refractivity contribution in [3.63, 3.8) is 0 Å². The van der Waals surface area contributed by atoms with Crippen LogP contribution in [0.4, 0.5) is 0 Å². The number of piperidine rings is 1. The number of hydroxylamine groups is 1. The third-order valence-corrected chi connectivity index (χ3v) is 8.05. The molecule has 0 saturated carbocycles.